The molecular formula is C22H25Cl2NO3. The van der Waals surface area contributed by atoms with Crippen LogP contribution in [0.1, 0.15) is 38.3 Å². The third kappa shape index (κ3) is 5.55. The van der Waals surface area contributed by atoms with Gasteiger partial charge in [0.2, 0.25) is 0 Å². The number of halogens is 2. The number of hydrogen-bond donors (Lipinski definition) is 0. The number of carbonyl (C=O) groups excluding carboxylic acids is 1. The Bertz CT molecular complexity index is 848. The number of ether oxygens (including phenoxy) is 2. The Morgan fingerprint density at radius 1 is 1.14 bits per heavy atom. The molecule has 0 radical (unpaired) electrons. The molecule has 0 aliphatic carbocycles. The van der Waals surface area contributed by atoms with Crippen molar-refractivity contribution in [2.75, 3.05) is 6.54 Å². The fraction of sp³-hybridized carbons (Fsp3) is 0.409. The van der Waals surface area contributed by atoms with Gasteiger partial charge < -0.3 is 14.4 Å². The lowest BCUT2D eigenvalue weighted by Crippen LogP contribution is -2.53. The summed E-state index contributed by atoms with van der Waals surface area (Å²) in [5.41, 5.74) is 1.74. The van der Waals surface area contributed by atoms with E-state index >= 15 is 0 Å². The molecule has 1 amide bonds. The van der Waals surface area contributed by atoms with Gasteiger partial charge in [-0.1, -0.05) is 47.5 Å². The standard InChI is InChI=1S/C22H25Cl2NO3/c1-22(2,3)28-21(26)25-10-9-18(25)12-15-5-4-6-16(11-15)14-27-20-8-7-17(23)13-19(20)24/h4-8,11,13,18H,9-10,12,14H2,1-3H3. The van der Waals surface area contributed by atoms with Crippen molar-refractivity contribution < 1.29 is 14.3 Å². The molecule has 0 N–H and O–H groups in total. The van der Waals surface area contributed by atoms with Crippen molar-refractivity contribution in [2.24, 2.45) is 0 Å². The summed E-state index contributed by atoms with van der Waals surface area (Å²) in [6.07, 6.45) is 1.55. The molecule has 1 unspecified atom stereocenters. The number of hydrogen-bond acceptors (Lipinski definition) is 3. The highest BCUT2D eigenvalue weighted by atomic mass is 35.5. The smallest absolute Gasteiger partial charge is 0.410 e. The first-order valence-electron chi connectivity index (χ1n) is 9.36. The van der Waals surface area contributed by atoms with Crippen molar-refractivity contribution in [1.29, 1.82) is 0 Å². The van der Waals surface area contributed by atoms with Crippen LogP contribution in [0.5, 0.6) is 5.75 Å². The molecule has 150 valence electrons. The summed E-state index contributed by atoms with van der Waals surface area (Å²) in [6, 6.07) is 13.6. The molecule has 0 aromatic heterocycles. The monoisotopic (exact) mass is 421 g/mol. The van der Waals surface area contributed by atoms with E-state index in [4.69, 9.17) is 32.7 Å². The maximum Gasteiger partial charge on any atom is 0.410 e. The minimum atomic E-state index is -0.475. The van der Waals surface area contributed by atoms with Gasteiger partial charge in [0.1, 0.15) is 18.0 Å². The van der Waals surface area contributed by atoms with Gasteiger partial charge >= 0.3 is 6.09 Å². The zero-order chi connectivity index (χ0) is 20.3. The van der Waals surface area contributed by atoms with Gasteiger partial charge in [-0.25, -0.2) is 4.79 Å². The number of nitrogens with zero attached hydrogens (tertiary/aromatic N) is 1. The fourth-order valence-electron chi connectivity index (χ4n) is 3.09. The van der Waals surface area contributed by atoms with Crippen molar-refractivity contribution in [3.63, 3.8) is 0 Å². The van der Waals surface area contributed by atoms with Gasteiger partial charge in [-0.15, -0.1) is 0 Å². The lowest BCUT2D eigenvalue weighted by molar-refractivity contribution is -0.00498. The summed E-state index contributed by atoms with van der Waals surface area (Å²) in [4.78, 5) is 14.1. The van der Waals surface area contributed by atoms with Gasteiger partial charge in [0, 0.05) is 17.6 Å². The summed E-state index contributed by atoms with van der Waals surface area (Å²) in [5, 5.41) is 1.07. The van der Waals surface area contributed by atoms with Gasteiger partial charge in [0.15, 0.2) is 0 Å². The van der Waals surface area contributed by atoms with Crippen LogP contribution in [0.4, 0.5) is 4.79 Å². The van der Waals surface area contributed by atoms with Crippen LogP contribution < -0.4 is 4.74 Å². The van der Waals surface area contributed by atoms with Crippen molar-refractivity contribution in [3.05, 3.63) is 63.6 Å². The Hall–Kier alpha value is -1.91. The molecule has 3 rings (SSSR count). The van der Waals surface area contributed by atoms with Crippen LogP contribution in [0.15, 0.2) is 42.5 Å². The van der Waals surface area contributed by atoms with Crippen molar-refractivity contribution in [3.8, 4) is 5.75 Å². The molecule has 1 fully saturated rings. The van der Waals surface area contributed by atoms with Crippen molar-refractivity contribution in [1.82, 2.24) is 4.90 Å². The number of carbonyl (C=O) groups is 1. The zero-order valence-electron chi connectivity index (χ0n) is 16.4. The van der Waals surface area contributed by atoms with Crippen LogP contribution in [-0.2, 0) is 17.8 Å². The minimum Gasteiger partial charge on any atom is -0.487 e. The molecule has 2 aromatic carbocycles. The number of benzene rings is 2. The molecular weight excluding hydrogens is 397 g/mol. The van der Waals surface area contributed by atoms with E-state index in [1.807, 2.05) is 37.8 Å². The van der Waals surface area contributed by atoms with Crippen LogP contribution in [0, 0.1) is 0 Å². The van der Waals surface area contributed by atoms with E-state index in [2.05, 4.69) is 12.1 Å². The van der Waals surface area contributed by atoms with Crippen molar-refractivity contribution in [2.45, 2.75) is 51.9 Å². The number of amides is 1. The highest BCUT2D eigenvalue weighted by molar-refractivity contribution is 6.35. The lowest BCUT2D eigenvalue weighted by Gasteiger charge is -2.41. The third-order valence-corrected chi connectivity index (χ3v) is 5.05. The molecule has 1 aliphatic heterocycles. The van der Waals surface area contributed by atoms with E-state index in [0.717, 1.165) is 24.9 Å². The summed E-state index contributed by atoms with van der Waals surface area (Å²) in [7, 11) is 0. The zero-order valence-corrected chi connectivity index (χ0v) is 17.9. The first kappa shape index (κ1) is 20.8. The van der Waals surface area contributed by atoms with Crippen LogP contribution in [0.3, 0.4) is 0 Å². The number of rotatable bonds is 5. The normalized spacial score (nSPS) is 16.5. The Morgan fingerprint density at radius 2 is 1.89 bits per heavy atom. The Kier molecular flexibility index (Phi) is 6.41. The molecule has 28 heavy (non-hydrogen) atoms. The Balaban J connectivity index is 1.58. The third-order valence-electron chi connectivity index (χ3n) is 4.52. The molecule has 2 aromatic rings. The first-order chi connectivity index (χ1) is 13.2. The SMILES string of the molecule is CC(C)(C)OC(=O)N1CCC1Cc1cccc(COc2ccc(Cl)cc2Cl)c1. The van der Waals surface area contributed by atoms with Crippen molar-refractivity contribution >= 4 is 29.3 Å². The highest BCUT2D eigenvalue weighted by Gasteiger charge is 2.35. The largest absolute Gasteiger partial charge is 0.487 e. The second-order valence-electron chi connectivity index (χ2n) is 8.00. The molecule has 1 atom stereocenters. The number of likely N-dealkylation sites (tertiary alicyclic amines) is 1. The summed E-state index contributed by atoms with van der Waals surface area (Å²) in [5.74, 6) is 0.603. The fourth-order valence-corrected chi connectivity index (χ4v) is 3.55. The molecule has 0 saturated carbocycles. The summed E-state index contributed by atoms with van der Waals surface area (Å²) < 4.78 is 11.3. The summed E-state index contributed by atoms with van der Waals surface area (Å²) in [6.45, 7) is 6.81. The van der Waals surface area contributed by atoms with Crippen LogP contribution in [0.2, 0.25) is 10.0 Å². The lowest BCUT2D eigenvalue weighted by atomic mass is 9.95. The predicted molar refractivity (Wildman–Crippen MR) is 112 cm³/mol. The quantitative estimate of drug-likeness (QED) is 0.582. The van der Waals surface area contributed by atoms with Crippen LogP contribution >= 0.6 is 23.2 Å². The maximum absolute atomic E-state index is 12.3. The molecule has 1 saturated heterocycles. The first-order valence-corrected chi connectivity index (χ1v) is 10.1. The Morgan fingerprint density at radius 3 is 2.54 bits per heavy atom. The molecule has 6 heteroatoms. The Labute approximate surface area is 176 Å². The molecule has 0 bridgehead atoms. The van der Waals surface area contributed by atoms with Gasteiger partial charge in [-0.3, -0.25) is 0 Å². The molecule has 1 aliphatic rings. The van der Waals surface area contributed by atoms with E-state index in [-0.39, 0.29) is 12.1 Å². The average molecular weight is 422 g/mol. The molecule has 1 heterocycles. The maximum atomic E-state index is 12.3. The minimum absolute atomic E-state index is 0.178. The van der Waals surface area contributed by atoms with E-state index in [9.17, 15) is 4.79 Å². The van der Waals surface area contributed by atoms with E-state index < -0.39 is 5.60 Å². The second-order valence-corrected chi connectivity index (χ2v) is 8.85. The average Bonchev–Trinajstić information content (AvgIpc) is 2.56. The van der Waals surface area contributed by atoms with E-state index in [1.165, 1.54) is 5.56 Å². The molecule has 4 nitrogen and oxygen atoms in total. The topological polar surface area (TPSA) is 38.8 Å². The van der Waals surface area contributed by atoms with Crippen LogP contribution in [-0.4, -0.2) is 29.2 Å². The highest BCUT2D eigenvalue weighted by Crippen LogP contribution is 2.29. The van der Waals surface area contributed by atoms with Gasteiger partial charge in [0.25, 0.3) is 0 Å². The second kappa shape index (κ2) is 8.62. The van der Waals surface area contributed by atoms with E-state index in [1.54, 1.807) is 18.2 Å². The molecule has 0 spiro atoms. The van der Waals surface area contributed by atoms with E-state index in [0.29, 0.717) is 22.4 Å². The van der Waals surface area contributed by atoms with Crippen LogP contribution in [0.25, 0.3) is 0 Å². The van der Waals surface area contributed by atoms with Gasteiger partial charge in [-0.2, -0.15) is 0 Å². The van der Waals surface area contributed by atoms with Gasteiger partial charge in [0.05, 0.1) is 5.02 Å². The predicted octanol–water partition coefficient (Wildman–Crippen LogP) is 6.12. The summed E-state index contributed by atoms with van der Waals surface area (Å²) >= 11 is 12.1. The van der Waals surface area contributed by atoms with Gasteiger partial charge in [-0.05, 0) is 62.9 Å².